The molecule has 0 saturated heterocycles. The first-order chi connectivity index (χ1) is 8.02. The molecule has 0 saturated carbocycles. The van der Waals surface area contributed by atoms with Crippen LogP contribution >= 0.6 is 11.6 Å². The Balaban J connectivity index is 2.92. The highest BCUT2D eigenvalue weighted by molar-refractivity contribution is 6.30. The standard InChI is InChI=1S/C12H13ClN2O2/c1-2-12(17)15-10(7-11(14)16)8-4-3-5-9(13)6-8/h2-6,10H,1,7H2,(H2,14,16)(H,15,17)/t10-/m0/s1. The minimum atomic E-state index is -0.501. The molecule has 4 nitrogen and oxygen atoms in total. The molecule has 0 bridgehead atoms. The molecule has 17 heavy (non-hydrogen) atoms. The first-order valence-electron chi connectivity index (χ1n) is 4.99. The Labute approximate surface area is 104 Å². The predicted molar refractivity (Wildman–Crippen MR) is 66.3 cm³/mol. The Morgan fingerprint density at radius 1 is 1.53 bits per heavy atom. The van der Waals surface area contributed by atoms with Gasteiger partial charge in [-0.15, -0.1) is 0 Å². The molecule has 0 fully saturated rings. The molecule has 5 heteroatoms. The van der Waals surface area contributed by atoms with E-state index in [1.807, 2.05) is 0 Å². The number of nitrogens with one attached hydrogen (secondary N) is 1. The SMILES string of the molecule is C=CC(=O)N[C@@H](CC(N)=O)c1cccc(Cl)c1. The minimum absolute atomic E-state index is 0.0138. The molecule has 3 N–H and O–H groups in total. The van der Waals surface area contributed by atoms with Crippen molar-refractivity contribution in [2.75, 3.05) is 0 Å². The van der Waals surface area contributed by atoms with E-state index in [-0.39, 0.29) is 12.3 Å². The van der Waals surface area contributed by atoms with Crippen molar-refractivity contribution in [3.8, 4) is 0 Å². The van der Waals surface area contributed by atoms with Crippen molar-refractivity contribution in [2.45, 2.75) is 12.5 Å². The number of benzene rings is 1. The fourth-order valence-corrected chi connectivity index (χ4v) is 1.61. The number of halogens is 1. The number of amides is 2. The van der Waals surface area contributed by atoms with Crippen LogP contribution in [0.15, 0.2) is 36.9 Å². The Bertz CT molecular complexity index is 446. The van der Waals surface area contributed by atoms with Gasteiger partial charge in [-0.3, -0.25) is 9.59 Å². The summed E-state index contributed by atoms with van der Waals surface area (Å²) < 4.78 is 0. The molecule has 1 aromatic carbocycles. The summed E-state index contributed by atoms with van der Waals surface area (Å²) in [6.45, 7) is 3.35. The number of carbonyl (C=O) groups excluding carboxylic acids is 2. The molecule has 0 heterocycles. The van der Waals surface area contributed by atoms with Gasteiger partial charge in [-0.25, -0.2) is 0 Å². The van der Waals surface area contributed by atoms with Crippen molar-refractivity contribution in [1.82, 2.24) is 5.32 Å². The fourth-order valence-electron chi connectivity index (χ4n) is 1.41. The summed E-state index contributed by atoms with van der Waals surface area (Å²) in [6.07, 6.45) is 1.15. The first kappa shape index (κ1) is 13.3. The fraction of sp³-hybridized carbons (Fsp3) is 0.167. The summed E-state index contributed by atoms with van der Waals surface area (Å²) in [5, 5.41) is 3.16. The van der Waals surface area contributed by atoms with E-state index in [9.17, 15) is 9.59 Å². The zero-order chi connectivity index (χ0) is 12.8. The van der Waals surface area contributed by atoms with Crippen LogP contribution in [-0.4, -0.2) is 11.8 Å². The zero-order valence-corrected chi connectivity index (χ0v) is 9.91. The number of rotatable bonds is 5. The van der Waals surface area contributed by atoms with Gasteiger partial charge in [0.2, 0.25) is 11.8 Å². The molecule has 1 atom stereocenters. The largest absolute Gasteiger partial charge is 0.370 e. The molecule has 2 amide bonds. The molecule has 1 rings (SSSR count). The number of hydrogen-bond donors (Lipinski definition) is 2. The van der Waals surface area contributed by atoms with Crippen LogP contribution in [0, 0.1) is 0 Å². The second-order valence-electron chi connectivity index (χ2n) is 3.49. The van der Waals surface area contributed by atoms with E-state index < -0.39 is 11.9 Å². The highest BCUT2D eigenvalue weighted by Gasteiger charge is 2.16. The molecule has 0 aliphatic carbocycles. The maximum atomic E-state index is 11.2. The van der Waals surface area contributed by atoms with Crippen LogP contribution in [-0.2, 0) is 9.59 Å². The third-order valence-corrected chi connectivity index (χ3v) is 2.39. The monoisotopic (exact) mass is 252 g/mol. The van der Waals surface area contributed by atoms with Crippen LogP contribution < -0.4 is 11.1 Å². The summed E-state index contributed by atoms with van der Waals surface area (Å²) >= 11 is 5.85. The van der Waals surface area contributed by atoms with Crippen LogP contribution in [0.2, 0.25) is 5.02 Å². The first-order valence-corrected chi connectivity index (χ1v) is 5.37. The Hall–Kier alpha value is -1.81. The van der Waals surface area contributed by atoms with Crippen molar-refractivity contribution >= 4 is 23.4 Å². The van der Waals surface area contributed by atoms with Gasteiger partial charge in [-0.05, 0) is 23.8 Å². The highest BCUT2D eigenvalue weighted by Crippen LogP contribution is 2.20. The van der Waals surface area contributed by atoms with Crippen LogP contribution in [0.25, 0.3) is 0 Å². The molecule has 0 aliphatic heterocycles. The number of hydrogen-bond acceptors (Lipinski definition) is 2. The lowest BCUT2D eigenvalue weighted by Gasteiger charge is -2.16. The Morgan fingerprint density at radius 3 is 2.76 bits per heavy atom. The van der Waals surface area contributed by atoms with Gasteiger partial charge in [-0.2, -0.15) is 0 Å². The number of carbonyl (C=O) groups is 2. The van der Waals surface area contributed by atoms with Crippen LogP contribution in [0.3, 0.4) is 0 Å². The van der Waals surface area contributed by atoms with E-state index in [1.54, 1.807) is 24.3 Å². The van der Waals surface area contributed by atoms with Gasteiger partial charge < -0.3 is 11.1 Å². The molecule has 90 valence electrons. The van der Waals surface area contributed by atoms with Gasteiger partial charge in [0.1, 0.15) is 0 Å². The smallest absolute Gasteiger partial charge is 0.243 e. The maximum Gasteiger partial charge on any atom is 0.243 e. The Morgan fingerprint density at radius 2 is 2.24 bits per heavy atom. The average Bonchev–Trinajstić information content (AvgIpc) is 2.27. The van der Waals surface area contributed by atoms with E-state index in [0.717, 1.165) is 11.6 Å². The number of primary amides is 1. The van der Waals surface area contributed by atoms with E-state index in [4.69, 9.17) is 17.3 Å². The van der Waals surface area contributed by atoms with E-state index in [0.29, 0.717) is 5.02 Å². The lowest BCUT2D eigenvalue weighted by atomic mass is 10.0. The quantitative estimate of drug-likeness (QED) is 0.781. The molecule has 0 unspecified atom stereocenters. The molecule has 0 aromatic heterocycles. The predicted octanol–water partition coefficient (Wildman–Crippen LogP) is 1.56. The minimum Gasteiger partial charge on any atom is -0.370 e. The van der Waals surface area contributed by atoms with Gasteiger partial charge in [0.15, 0.2) is 0 Å². The van der Waals surface area contributed by atoms with Gasteiger partial charge in [0, 0.05) is 5.02 Å². The number of nitrogens with two attached hydrogens (primary N) is 1. The van der Waals surface area contributed by atoms with Crippen molar-refractivity contribution in [2.24, 2.45) is 5.73 Å². The highest BCUT2D eigenvalue weighted by atomic mass is 35.5. The molecule has 1 aromatic rings. The summed E-state index contributed by atoms with van der Waals surface area (Å²) in [7, 11) is 0. The van der Waals surface area contributed by atoms with Crippen LogP contribution in [0.4, 0.5) is 0 Å². The zero-order valence-electron chi connectivity index (χ0n) is 9.15. The van der Waals surface area contributed by atoms with Gasteiger partial charge >= 0.3 is 0 Å². The normalized spacial score (nSPS) is 11.6. The lowest BCUT2D eigenvalue weighted by Crippen LogP contribution is -2.30. The molecular formula is C12H13ClN2O2. The third-order valence-electron chi connectivity index (χ3n) is 2.16. The van der Waals surface area contributed by atoms with Crippen molar-refractivity contribution in [3.05, 3.63) is 47.5 Å². The van der Waals surface area contributed by atoms with Crippen molar-refractivity contribution in [1.29, 1.82) is 0 Å². The maximum absolute atomic E-state index is 11.2. The second kappa shape index (κ2) is 6.06. The second-order valence-corrected chi connectivity index (χ2v) is 3.93. The van der Waals surface area contributed by atoms with E-state index in [1.165, 1.54) is 0 Å². The van der Waals surface area contributed by atoms with Gasteiger partial charge in [0.05, 0.1) is 12.5 Å². The molecular weight excluding hydrogens is 240 g/mol. The molecule has 0 aliphatic rings. The molecule has 0 radical (unpaired) electrons. The summed E-state index contributed by atoms with van der Waals surface area (Å²) in [5.41, 5.74) is 5.87. The average molecular weight is 253 g/mol. The van der Waals surface area contributed by atoms with Gasteiger partial charge in [0.25, 0.3) is 0 Å². The molecule has 0 spiro atoms. The Kier molecular flexibility index (Phi) is 4.72. The van der Waals surface area contributed by atoms with E-state index >= 15 is 0 Å². The van der Waals surface area contributed by atoms with Crippen LogP contribution in [0.5, 0.6) is 0 Å². The van der Waals surface area contributed by atoms with Crippen LogP contribution in [0.1, 0.15) is 18.0 Å². The topological polar surface area (TPSA) is 72.2 Å². The van der Waals surface area contributed by atoms with Crippen molar-refractivity contribution < 1.29 is 9.59 Å². The van der Waals surface area contributed by atoms with Crippen molar-refractivity contribution in [3.63, 3.8) is 0 Å². The van der Waals surface area contributed by atoms with E-state index in [2.05, 4.69) is 11.9 Å². The van der Waals surface area contributed by atoms with Gasteiger partial charge in [-0.1, -0.05) is 30.3 Å². The summed E-state index contributed by atoms with van der Waals surface area (Å²) in [4.78, 5) is 22.2. The summed E-state index contributed by atoms with van der Waals surface area (Å²) in [5.74, 6) is -0.865. The lowest BCUT2D eigenvalue weighted by molar-refractivity contribution is -0.119. The third kappa shape index (κ3) is 4.28. The summed E-state index contributed by atoms with van der Waals surface area (Å²) in [6, 6.07) is 6.41.